The van der Waals surface area contributed by atoms with Crippen molar-refractivity contribution in [2.45, 2.75) is 45.8 Å². The number of halogens is 2. The number of nitrogens with one attached hydrogen (secondary N) is 2. The highest BCUT2D eigenvalue weighted by molar-refractivity contribution is 5.79. The molecule has 4 nitrogen and oxygen atoms in total. The first-order valence-corrected chi connectivity index (χ1v) is 8.06. The van der Waals surface area contributed by atoms with Gasteiger partial charge in [0, 0.05) is 25.7 Å². The highest BCUT2D eigenvalue weighted by Crippen LogP contribution is 2.42. The highest BCUT2D eigenvalue weighted by Gasteiger charge is 2.34. The molecule has 2 rings (SSSR count). The summed E-state index contributed by atoms with van der Waals surface area (Å²) in [4.78, 5) is 4.19. The van der Waals surface area contributed by atoms with Crippen LogP contribution in [-0.2, 0) is 6.54 Å². The van der Waals surface area contributed by atoms with E-state index in [2.05, 4.69) is 27.3 Å². The zero-order valence-electron chi connectivity index (χ0n) is 13.7. The van der Waals surface area contributed by atoms with E-state index in [1.165, 1.54) is 19.3 Å². The van der Waals surface area contributed by atoms with Gasteiger partial charge >= 0.3 is 6.61 Å². The summed E-state index contributed by atoms with van der Waals surface area (Å²) in [5, 5.41) is 6.50. The number of nitrogens with zero attached hydrogens (tertiary/aromatic N) is 1. The van der Waals surface area contributed by atoms with Crippen LogP contribution >= 0.6 is 0 Å². The summed E-state index contributed by atoms with van der Waals surface area (Å²) >= 11 is 0. The molecule has 6 heteroatoms. The van der Waals surface area contributed by atoms with Crippen LogP contribution in [-0.4, -0.2) is 26.2 Å². The molecule has 0 radical (unpaired) electrons. The molecule has 1 aromatic rings. The minimum absolute atomic E-state index is 0.189. The van der Waals surface area contributed by atoms with E-state index in [4.69, 9.17) is 0 Å². The van der Waals surface area contributed by atoms with Gasteiger partial charge in [0.05, 0.1) is 0 Å². The normalized spacial score (nSPS) is 16.8. The van der Waals surface area contributed by atoms with Crippen LogP contribution in [0.15, 0.2) is 29.3 Å². The molecule has 1 aliphatic carbocycles. The number of aliphatic imine (C=N–C) groups is 1. The molecule has 0 aliphatic heterocycles. The van der Waals surface area contributed by atoms with Crippen molar-refractivity contribution in [3.63, 3.8) is 0 Å². The van der Waals surface area contributed by atoms with Crippen molar-refractivity contribution in [1.82, 2.24) is 10.6 Å². The van der Waals surface area contributed by atoms with Crippen molar-refractivity contribution < 1.29 is 13.5 Å². The van der Waals surface area contributed by atoms with E-state index in [1.54, 1.807) is 31.3 Å². The van der Waals surface area contributed by atoms with Crippen LogP contribution in [0.3, 0.4) is 0 Å². The van der Waals surface area contributed by atoms with Gasteiger partial charge in [-0.15, -0.1) is 0 Å². The minimum Gasteiger partial charge on any atom is -0.434 e. The average Bonchev–Trinajstić information content (AvgIpc) is 2.50. The smallest absolute Gasteiger partial charge is 0.387 e. The number of hydrogen-bond donors (Lipinski definition) is 2. The first-order chi connectivity index (χ1) is 11.1. The summed E-state index contributed by atoms with van der Waals surface area (Å²) in [7, 11) is 1.70. The third-order valence-corrected chi connectivity index (χ3v) is 4.65. The molecule has 0 heterocycles. The van der Waals surface area contributed by atoms with Crippen molar-refractivity contribution in [3.05, 3.63) is 29.8 Å². The van der Waals surface area contributed by atoms with Crippen LogP contribution in [0.1, 0.15) is 38.2 Å². The Labute approximate surface area is 136 Å². The Hall–Kier alpha value is -1.85. The van der Waals surface area contributed by atoms with Gasteiger partial charge in [-0.05, 0) is 30.7 Å². The molecule has 0 aromatic heterocycles. The molecule has 1 fully saturated rings. The Balaban J connectivity index is 1.88. The number of benzene rings is 1. The molecule has 23 heavy (non-hydrogen) atoms. The summed E-state index contributed by atoms with van der Waals surface area (Å²) in [6, 6.07) is 6.78. The van der Waals surface area contributed by atoms with E-state index in [9.17, 15) is 8.78 Å². The molecule has 0 bridgehead atoms. The maximum Gasteiger partial charge on any atom is 0.387 e. The standard InChI is InChI=1S/C17H25F2N3O/c1-3-17(9-6-10-17)12-22-16(20-2)21-11-13-7-4-5-8-14(13)23-15(18)19/h4-5,7-8,15H,3,6,9-12H2,1-2H3,(H2,20,21,22). The van der Waals surface area contributed by atoms with Gasteiger partial charge in [0.25, 0.3) is 0 Å². The lowest BCUT2D eigenvalue weighted by Gasteiger charge is -2.41. The lowest BCUT2D eigenvalue weighted by atomic mass is 9.67. The van der Waals surface area contributed by atoms with Gasteiger partial charge in [-0.25, -0.2) is 0 Å². The van der Waals surface area contributed by atoms with E-state index in [0.29, 0.717) is 23.5 Å². The zero-order chi connectivity index (χ0) is 16.7. The Morgan fingerprint density at radius 1 is 1.30 bits per heavy atom. The van der Waals surface area contributed by atoms with Crippen molar-refractivity contribution in [1.29, 1.82) is 0 Å². The number of alkyl halides is 2. The fourth-order valence-corrected chi connectivity index (χ4v) is 2.86. The molecular weight excluding hydrogens is 300 g/mol. The Kier molecular flexibility index (Phi) is 6.19. The molecule has 1 aromatic carbocycles. The maximum absolute atomic E-state index is 12.4. The van der Waals surface area contributed by atoms with Crippen molar-refractivity contribution in [2.75, 3.05) is 13.6 Å². The first kappa shape index (κ1) is 17.5. The van der Waals surface area contributed by atoms with Crippen molar-refractivity contribution in [3.8, 4) is 5.75 Å². The van der Waals surface area contributed by atoms with E-state index < -0.39 is 6.61 Å². The molecule has 0 spiro atoms. The lowest BCUT2D eigenvalue weighted by Crippen LogP contribution is -2.46. The Morgan fingerprint density at radius 2 is 2.04 bits per heavy atom. The lowest BCUT2D eigenvalue weighted by molar-refractivity contribution is -0.0504. The van der Waals surface area contributed by atoms with Gasteiger partial charge in [-0.1, -0.05) is 31.5 Å². The fraction of sp³-hybridized carbons (Fsp3) is 0.588. The predicted molar refractivity (Wildman–Crippen MR) is 87.9 cm³/mol. The third kappa shape index (κ3) is 4.81. The van der Waals surface area contributed by atoms with E-state index in [1.807, 2.05) is 0 Å². The number of hydrogen-bond acceptors (Lipinski definition) is 2. The molecular formula is C17H25F2N3O. The van der Waals surface area contributed by atoms with Gasteiger partial charge in [0.15, 0.2) is 5.96 Å². The largest absolute Gasteiger partial charge is 0.434 e. The average molecular weight is 325 g/mol. The van der Waals surface area contributed by atoms with Gasteiger partial charge in [0.1, 0.15) is 5.75 Å². The summed E-state index contributed by atoms with van der Waals surface area (Å²) < 4.78 is 29.4. The molecule has 1 saturated carbocycles. The second kappa shape index (κ2) is 8.13. The fourth-order valence-electron chi connectivity index (χ4n) is 2.86. The number of rotatable bonds is 7. The predicted octanol–water partition coefficient (Wildman–Crippen LogP) is 3.53. The molecule has 2 N–H and O–H groups in total. The monoisotopic (exact) mass is 325 g/mol. The van der Waals surface area contributed by atoms with Crippen LogP contribution in [0.25, 0.3) is 0 Å². The molecule has 0 amide bonds. The van der Waals surface area contributed by atoms with Crippen LogP contribution in [0.2, 0.25) is 0 Å². The van der Waals surface area contributed by atoms with Gasteiger partial charge in [0.2, 0.25) is 0 Å². The third-order valence-electron chi connectivity index (χ3n) is 4.65. The quantitative estimate of drug-likeness (QED) is 0.595. The van der Waals surface area contributed by atoms with Crippen molar-refractivity contribution >= 4 is 5.96 Å². The van der Waals surface area contributed by atoms with Gasteiger partial charge in [-0.2, -0.15) is 8.78 Å². The second-order valence-corrected chi connectivity index (χ2v) is 5.97. The molecule has 128 valence electrons. The topological polar surface area (TPSA) is 45.7 Å². The van der Waals surface area contributed by atoms with Crippen LogP contribution < -0.4 is 15.4 Å². The first-order valence-electron chi connectivity index (χ1n) is 8.06. The number of ether oxygens (including phenoxy) is 1. The highest BCUT2D eigenvalue weighted by atomic mass is 19.3. The SMILES string of the molecule is CCC1(CNC(=NC)NCc2ccccc2OC(F)F)CCC1. The van der Waals surface area contributed by atoms with Crippen LogP contribution in [0, 0.1) is 5.41 Å². The molecule has 1 aliphatic rings. The molecule has 0 atom stereocenters. The molecule has 0 unspecified atom stereocenters. The van der Waals surface area contributed by atoms with Crippen LogP contribution in [0.4, 0.5) is 8.78 Å². The number of guanidine groups is 1. The summed E-state index contributed by atoms with van der Waals surface area (Å²) in [5.74, 6) is 0.867. The summed E-state index contributed by atoms with van der Waals surface area (Å²) in [5.41, 5.74) is 1.05. The Bertz CT molecular complexity index is 525. The van der Waals surface area contributed by atoms with Crippen LogP contribution in [0.5, 0.6) is 5.75 Å². The zero-order valence-corrected chi connectivity index (χ0v) is 13.7. The maximum atomic E-state index is 12.4. The summed E-state index contributed by atoms with van der Waals surface area (Å²) in [6.45, 7) is 0.659. The summed E-state index contributed by atoms with van der Waals surface area (Å²) in [6.07, 6.45) is 4.94. The van der Waals surface area contributed by atoms with Crippen molar-refractivity contribution in [2.24, 2.45) is 10.4 Å². The van der Waals surface area contributed by atoms with E-state index in [-0.39, 0.29) is 5.75 Å². The minimum atomic E-state index is -2.82. The van der Waals surface area contributed by atoms with E-state index in [0.717, 1.165) is 13.0 Å². The second-order valence-electron chi connectivity index (χ2n) is 5.97. The van der Waals surface area contributed by atoms with Gasteiger partial charge in [-0.3, -0.25) is 4.99 Å². The Morgan fingerprint density at radius 3 is 2.61 bits per heavy atom. The van der Waals surface area contributed by atoms with Gasteiger partial charge < -0.3 is 15.4 Å². The number of para-hydroxylation sites is 1. The van der Waals surface area contributed by atoms with E-state index >= 15 is 0 Å². The molecule has 0 saturated heterocycles.